The first-order chi connectivity index (χ1) is 14.6. The second kappa shape index (κ2) is 8.98. The van der Waals surface area contributed by atoms with E-state index >= 15 is 0 Å². The van der Waals surface area contributed by atoms with Gasteiger partial charge in [-0.2, -0.15) is 4.98 Å². The third-order valence-corrected chi connectivity index (χ3v) is 5.35. The number of hydrogen-bond acceptors (Lipinski definition) is 7. The molecule has 0 spiro atoms. The van der Waals surface area contributed by atoms with Crippen molar-refractivity contribution < 1.29 is 14.3 Å². The highest BCUT2D eigenvalue weighted by Gasteiger charge is 2.23. The van der Waals surface area contributed by atoms with Gasteiger partial charge in [0.15, 0.2) is 6.73 Å². The molecule has 158 valence electrons. The number of hydrogen-bond donors (Lipinski definition) is 1. The molecule has 9 nitrogen and oxygen atoms in total. The highest BCUT2D eigenvalue weighted by molar-refractivity contribution is 5.77. The lowest BCUT2D eigenvalue weighted by molar-refractivity contribution is -0.138. The molecule has 9 heteroatoms. The first-order valence-corrected chi connectivity index (χ1v) is 10.2. The van der Waals surface area contributed by atoms with Crippen LogP contribution in [0.2, 0.25) is 0 Å². The van der Waals surface area contributed by atoms with Crippen LogP contribution in [-0.4, -0.2) is 71.0 Å². The Balaban J connectivity index is 1.24. The monoisotopic (exact) mass is 410 g/mol. The number of piperazine rings is 1. The molecular weight excluding hydrogens is 384 g/mol. The van der Waals surface area contributed by atoms with Crippen molar-refractivity contribution in [2.24, 2.45) is 0 Å². The largest absolute Gasteiger partial charge is 0.471 e. The van der Waals surface area contributed by atoms with Crippen molar-refractivity contribution >= 4 is 29.3 Å². The fourth-order valence-corrected chi connectivity index (χ4v) is 3.65. The maximum Gasteiger partial charge on any atom is 0.224 e. The second-order valence-corrected chi connectivity index (χ2v) is 7.32. The SMILES string of the molecule is CC(=O)N1CCN(C(=O)CCCNc2nccc(N3COc4ccccc43)n2)CC1. The Labute approximate surface area is 175 Å². The van der Waals surface area contributed by atoms with Crippen LogP contribution in [0.5, 0.6) is 5.75 Å². The zero-order chi connectivity index (χ0) is 20.9. The Morgan fingerprint density at radius 3 is 2.67 bits per heavy atom. The highest BCUT2D eigenvalue weighted by Crippen LogP contribution is 2.37. The van der Waals surface area contributed by atoms with E-state index in [0.29, 0.717) is 58.2 Å². The number of nitrogens with zero attached hydrogens (tertiary/aromatic N) is 5. The standard InChI is InChI=1S/C21H26N6O3/c1-16(28)25-11-13-26(14-12-25)20(29)7-4-9-22-21-23-10-8-19(24-21)27-15-30-18-6-3-2-5-17(18)27/h2-3,5-6,8,10H,4,7,9,11-15H2,1H3,(H,22,23,24). The van der Waals surface area contributed by atoms with Gasteiger partial charge in [0.25, 0.3) is 0 Å². The van der Waals surface area contributed by atoms with E-state index in [0.717, 1.165) is 17.3 Å². The summed E-state index contributed by atoms with van der Waals surface area (Å²) < 4.78 is 5.69. The minimum Gasteiger partial charge on any atom is -0.471 e. The summed E-state index contributed by atoms with van der Waals surface area (Å²) >= 11 is 0. The van der Waals surface area contributed by atoms with Gasteiger partial charge in [0.2, 0.25) is 17.8 Å². The Morgan fingerprint density at radius 1 is 1.10 bits per heavy atom. The number of aromatic nitrogens is 2. The lowest BCUT2D eigenvalue weighted by atomic mass is 10.2. The molecule has 30 heavy (non-hydrogen) atoms. The summed E-state index contributed by atoms with van der Waals surface area (Å²) in [6.07, 6.45) is 2.86. The number of rotatable bonds is 6. The first kappa shape index (κ1) is 19.9. The summed E-state index contributed by atoms with van der Waals surface area (Å²) in [5.74, 6) is 2.32. The van der Waals surface area contributed by atoms with Crippen molar-refractivity contribution in [3.63, 3.8) is 0 Å². The third kappa shape index (κ3) is 4.45. The molecule has 3 heterocycles. The number of fused-ring (bicyclic) bond motifs is 1. The molecule has 0 aliphatic carbocycles. The first-order valence-electron chi connectivity index (χ1n) is 10.2. The Morgan fingerprint density at radius 2 is 1.87 bits per heavy atom. The lowest BCUT2D eigenvalue weighted by Gasteiger charge is -2.34. The van der Waals surface area contributed by atoms with Crippen molar-refractivity contribution in [3.05, 3.63) is 36.5 Å². The molecule has 4 rings (SSSR count). The van der Waals surface area contributed by atoms with Gasteiger partial charge in [-0.25, -0.2) is 4.98 Å². The predicted molar refractivity (Wildman–Crippen MR) is 113 cm³/mol. The number of anilines is 3. The van der Waals surface area contributed by atoms with Gasteiger partial charge in [-0.3, -0.25) is 14.5 Å². The van der Waals surface area contributed by atoms with Crippen LogP contribution < -0.4 is 15.0 Å². The van der Waals surface area contributed by atoms with E-state index in [9.17, 15) is 9.59 Å². The maximum absolute atomic E-state index is 12.4. The molecule has 1 N–H and O–H groups in total. The number of amides is 2. The van der Waals surface area contributed by atoms with Gasteiger partial charge < -0.3 is 19.9 Å². The minimum atomic E-state index is 0.0671. The molecule has 1 saturated heterocycles. The van der Waals surface area contributed by atoms with Gasteiger partial charge in [-0.05, 0) is 24.6 Å². The molecule has 2 amide bonds. The summed E-state index contributed by atoms with van der Waals surface area (Å²) in [6, 6.07) is 9.70. The molecule has 0 atom stereocenters. The minimum absolute atomic E-state index is 0.0671. The van der Waals surface area contributed by atoms with Crippen LogP contribution in [0.1, 0.15) is 19.8 Å². The molecule has 1 aromatic carbocycles. The van der Waals surface area contributed by atoms with E-state index in [1.54, 1.807) is 18.0 Å². The number of benzene rings is 1. The molecule has 1 aromatic heterocycles. The normalized spacial score (nSPS) is 15.6. The smallest absolute Gasteiger partial charge is 0.224 e. The van der Waals surface area contributed by atoms with E-state index in [1.807, 2.05) is 40.1 Å². The molecule has 0 unspecified atom stereocenters. The average Bonchev–Trinajstić information content (AvgIpc) is 3.21. The van der Waals surface area contributed by atoms with Gasteiger partial charge >= 0.3 is 0 Å². The molecule has 0 saturated carbocycles. The molecular formula is C21H26N6O3. The fourth-order valence-electron chi connectivity index (χ4n) is 3.65. The molecule has 2 aromatic rings. The molecule has 1 fully saturated rings. The van der Waals surface area contributed by atoms with E-state index in [1.165, 1.54) is 0 Å². The van der Waals surface area contributed by atoms with Crippen molar-refractivity contribution in [3.8, 4) is 5.75 Å². The average molecular weight is 410 g/mol. The van der Waals surface area contributed by atoms with Crippen LogP contribution in [0.3, 0.4) is 0 Å². The van der Waals surface area contributed by atoms with E-state index in [4.69, 9.17) is 4.74 Å². The number of para-hydroxylation sites is 2. The van der Waals surface area contributed by atoms with Crippen LogP contribution in [0.25, 0.3) is 0 Å². The van der Waals surface area contributed by atoms with E-state index in [-0.39, 0.29) is 11.8 Å². The van der Waals surface area contributed by atoms with Gasteiger partial charge in [0.05, 0.1) is 5.69 Å². The summed E-state index contributed by atoms with van der Waals surface area (Å²) in [5, 5.41) is 3.20. The summed E-state index contributed by atoms with van der Waals surface area (Å²) in [7, 11) is 0. The fraction of sp³-hybridized carbons (Fsp3) is 0.429. The van der Waals surface area contributed by atoms with E-state index in [2.05, 4.69) is 15.3 Å². The van der Waals surface area contributed by atoms with Crippen LogP contribution in [0, 0.1) is 0 Å². The van der Waals surface area contributed by atoms with E-state index < -0.39 is 0 Å². The van der Waals surface area contributed by atoms with Gasteiger partial charge in [-0.15, -0.1) is 0 Å². The lowest BCUT2D eigenvalue weighted by Crippen LogP contribution is -2.50. The van der Waals surface area contributed by atoms with Crippen molar-refractivity contribution in [1.82, 2.24) is 19.8 Å². The Hall–Kier alpha value is -3.36. The topological polar surface area (TPSA) is 90.9 Å². The van der Waals surface area contributed by atoms with Gasteiger partial charge in [0.1, 0.15) is 11.6 Å². The highest BCUT2D eigenvalue weighted by atomic mass is 16.5. The summed E-state index contributed by atoms with van der Waals surface area (Å²) in [4.78, 5) is 38.2. The predicted octanol–water partition coefficient (Wildman–Crippen LogP) is 1.85. The summed E-state index contributed by atoms with van der Waals surface area (Å²) in [5.41, 5.74) is 0.984. The second-order valence-electron chi connectivity index (χ2n) is 7.32. The number of nitrogens with one attached hydrogen (secondary N) is 1. The number of carbonyl (C=O) groups is 2. The van der Waals surface area contributed by atoms with Crippen molar-refractivity contribution in [2.45, 2.75) is 19.8 Å². The van der Waals surface area contributed by atoms with Gasteiger partial charge in [-0.1, -0.05) is 12.1 Å². The van der Waals surface area contributed by atoms with Crippen LogP contribution >= 0.6 is 0 Å². The molecule has 0 bridgehead atoms. The quantitative estimate of drug-likeness (QED) is 0.727. The number of carbonyl (C=O) groups excluding carboxylic acids is 2. The Bertz CT molecular complexity index is 913. The summed E-state index contributed by atoms with van der Waals surface area (Å²) in [6.45, 7) is 5.03. The zero-order valence-electron chi connectivity index (χ0n) is 17.1. The van der Waals surface area contributed by atoms with Gasteiger partial charge in [0, 0.05) is 52.3 Å². The van der Waals surface area contributed by atoms with Crippen molar-refractivity contribution in [1.29, 1.82) is 0 Å². The van der Waals surface area contributed by atoms with Crippen molar-refractivity contribution in [2.75, 3.05) is 49.7 Å². The Kier molecular flexibility index (Phi) is 5.97. The van der Waals surface area contributed by atoms with Crippen LogP contribution in [0.15, 0.2) is 36.5 Å². The molecule has 2 aliphatic heterocycles. The number of ether oxygens (including phenoxy) is 1. The molecule has 2 aliphatic rings. The van der Waals surface area contributed by atoms with Crippen LogP contribution in [-0.2, 0) is 9.59 Å². The zero-order valence-corrected chi connectivity index (χ0v) is 17.1. The maximum atomic E-state index is 12.4. The molecule has 0 radical (unpaired) electrons. The third-order valence-electron chi connectivity index (χ3n) is 5.35. The van der Waals surface area contributed by atoms with Crippen LogP contribution in [0.4, 0.5) is 17.5 Å².